The van der Waals surface area contributed by atoms with Crippen LogP contribution < -0.4 is 5.32 Å². The molecule has 0 bridgehead atoms. The van der Waals surface area contributed by atoms with E-state index in [1.165, 1.54) is 4.90 Å². The van der Waals surface area contributed by atoms with E-state index in [1.807, 2.05) is 37.3 Å². The van der Waals surface area contributed by atoms with E-state index >= 15 is 0 Å². The van der Waals surface area contributed by atoms with Crippen molar-refractivity contribution in [2.45, 2.75) is 18.2 Å². The molecule has 0 atom stereocenters. The van der Waals surface area contributed by atoms with Crippen molar-refractivity contribution in [2.24, 2.45) is 0 Å². The average Bonchev–Trinajstić information content (AvgIpc) is 2.44. The number of amides is 1. The highest BCUT2D eigenvalue weighted by Crippen LogP contribution is 2.15. The number of benzene rings is 1. The third kappa shape index (κ3) is 8.37. The maximum absolute atomic E-state index is 11.8. The molecule has 0 unspecified atom stereocenters. The van der Waals surface area contributed by atoms with E-state index in [0.717, 1.165) is 12.2 Å². The number of nitrogens with one attached hydrogen (secondary N) is 1. The van der Waals surface area contributed by atoms with Crippen LogP contribution in [0.1, 0.15) is 13.3 Å². The van der Waals surface area contributed by atoms with Gasteiger partial charge in [0.25, 0.3) is 0 Å². The van der Waals surface area contributed by atoms with Gasteiger partial charge in [0.05, 0.1) is 13.1 Å². The van der Waals surface area contributed by atoms with E-state index in [1.54, 1.807) is 16.7 Å². The summed E-state index contributed by atoms with van der Waals surface area (Å²) in [6.45, 7) is 3.18. The normalized spacial score (nSPS) is 10.6. The van der Waals surface area contributed by atoms with E-state index in [9.17, 15) is 9.59 Å². The number of carboxylic acids is 1. The number of carbonyl (C=O) groups excluding carboxylic acids is 1. The molecule has 0 aromatic heterocycles. The van der Waals surface area contributed by atoms with E-state index in [4.69, 9.17) is 5.11 Å². The quantitative estimate of drug-likeness (QED) is 0.508. The van der Waals surface area contributed by atoms with E-state index < -0.39 is 5.97 Å². The Balaban J connectivity index is 2.21. The minimum absolute atomic E-state index is 0.0972. The number of aliphatic carboxylic acids is 1. The largest absolute Gasteiger partial charge is 0.480 e. The topological polar surface area (TPSA) is 69.6 Å². The molecule has 0 aliphatic carbocycles. The number of rotatable bonds is 10. The molecule has 1 aromatic carbocycles. The van der Waals surface area contributed by atoms with Gasteiger partial charge in [-0.1, -0.05) is 25.1 Å². The zero-order chi connectivity index (χ0) is 15.5. The van der Waals surface area contributed by atoms with Crippen molar-refractivity contribution in [1.29, 1.82) is 0 Å². The van der Waals surface area contributed by atoms with Gasteiger partial charge in [0.15, 0.2) is 0 Å². The molecule has 0 fully saturated rings. The Kier molecular flexibility index (Phi) is 8.54. The van der Waals surface area contributed by atoms with Crippen LogP contribution in [0, 0.1) is 0 Å². The average molecular weight is 310 g/mol. The molecule has 0 aliphatic heterocycles. The lowest BCUT2D eigenvalue weighted by Gasteiger charge is -2.18. The maximum atomic E-state index is 11.8. The summed E-state index contributed by atoms with van der Waals surface area (Å²) in [7, 11) is 0. The first-order chi connectivity index (χ1) is 10.1. The minimum Gasteiger partial charge on any atom is -0.480 e. The van der Waals surface area contributed by atoms with Gasteiger partial charge in [0.2, 0.25) is 5.91 Å². The predicted octanol–water partition coefficient (Wildman–Crippen LogP) is 1.69. The van der Waals surface area contributed by atoms with Crippen LogP contribution in [-0.4, -0.2) is 53.8 Å². The Labute approximate surface area is 129 Å². The molecule has 0 heterocycles. The molecule has 0 saturated carbocycles. The fraction of sp³-hybridized carbons (Fsp3) is 0.467. The van der Waals surface area contributed by atoms with Crippen molar-refractivity contribution in [3.63, 3.8) is 0 Å². The standard InChI is InChI=1S/C15H22N2O3S/c1-2-9-17(12-15(19)20)11-14(18)16-8-10-21-13-6-4-3-5-7-13/h3-7H,2,8-12H2,1H3,(H,16,18)(H,19,20). The van der Waals surface area contributed by atoms with Gasteiger partial charge in [0, 0.05) is 17.2 Å². The second-order valence-electron chi connectivity index (χ2n) is 4.62. The van der Waals surface area contributed by atoms with Gasteiger partial charge >= 0.3 is 5.97 Å². The van der Waals surface area contributed by atoms with Gasteiger partial charge in [-0.2, -0.15) is 0 Å². The first-order valence-electron chi connectivity index (χ1n) is 7.00. The van der Waals surface area contributed by atoms with E-state index in [2.05, 4.69) is 5.32 Å². The molecule has 0 radical (unpaired) electrons. The molecule has 6 heteroatoms. The third-order valence-electron chi connectivity index (χ3n) is 2.70. The molecule has 0 aliphatic rings. The Morgan fingerprint density at radius 1 is 1.24 bits per heavy atom. The van der Waals surface area contributed by atoms with E-state index in [0.29, 0.717) is 13.1 Å². The van der Waals surface area contributed by atoms with Crippen molar-refractivity contribution in [3.05, 3.63) is 30.3 Å². The molecule has 2 N–H and O–H groups in total. The summed E-state index contributed by atoms with van der Waals surface area (Å²) in [5.74, 6) is -0.239. The van der Waals surface area contributed by atoms with Gasteiger partial charge in [-0.15, -0.1) is 11.8 Å². The Bertz CT molecular complexity index is 440. The first kappa shape index (κ1) is 17.5. The van der Waals surface area contributed by atoms with Gasteiger partial charge in [-0.3, -0.25) is 14.5 Å². The zero-order valence-corrected chi connectivity index (χ0v) is 13.1. The van der Waals surface area contributed by atoms with E-state index in [-0.39, 0.29) is 19.0 Å². The minimum atomic E-state index is -0.907. The van der Waals surface area contributed by atoms with Gasteiger partial charge in [0.1, 0.15) is 0 Å². The molecule has 0 spiro atoms. The summed E-state index contributed by atoms with van der Waals surface area (Å²) < 4.78 is 0. The van der Waals surface area contributed by atoms with Gasteiger partial charge in [-0.05, 0) is 25.1 Å². The second kappa shape index (κ2) is 10.2. The summed E-state index contributed by atoms with van der Waals surface area (Å²) in [5.41, 5.74) is 0. The van der Waals surface area contributed by atoms with Crippen LogP contribution in [0.15, 0.2) is 35.2 Å². The summed E-state index contributed by atoms with van der Waals surface area (Å²) in [6, 6.07) is 9.99. The summed E-state index contributed by atoms with van der Waals surface area (Å²) >= 11 is 1.68. The van der Waals surface area contributed by atoms with Crippen LogP contribution in [0.25, 0.3) is 0 Å². The predicted molar refractivity (Wildman–Crippen MR) is 84.5 cm³/mol. The summed E-state index contributed by atoms with van der Waals surface area (Å²) in [4.78, 5) is 25.3. The number of carboxylic acid groups (broad SMARTS) is 1. The van der Waals surface area contributed by atoms with Crippen molar-refractivity contribution >= 4 is 23.6 Å². The molecule has 21 heavy (non-hydrogen) atoms. The Morgan fingerprint density at radius 3 is 2.57 bits per heavy atom. The Morgan fingerprint density at radius 2 is 1.95 bits per heavy atom. The lowest BCUT2D eigenvalue weighted by atomic mass is 10.4. The highest BCUT2D eigenvalue weighted by atomic mass is 32.2. The van der Waals surface area contributed by atoms with Crippen molar-refractivity contribution in [1.82, 2.24) is 10.2 Å². The summed E-state index contributed by atoms with van der Waals surface area (Å²) in [5, 5.41) is 11.6. The third-order valence-corrected chi connectivity index (χ3v) is 3.72. The van der Waals surface area contributed by atoms with Crippen LogP contribution in [0.3, 0.4) is 0 Å². The highest BCUT2D eigenvalue weighted by Gasteiger charge is 2.12. The highest BCUT2D eigenvalue weighted by molar-refractivity contribution is 7.99. The monoisotopic (exact) mass is 310 g/mol. The van der Waals surface area contributed by atoms with Crippen molar-refractivity contribution < 1.29 is 14.7 Å². The number of nitrogens with zero attached hydrogens (tertiary/aromatic N) is 1. The van der Waals surface area contributed by atoms with Gasteiger partial charge in [-0.25, -0.2) is 0 Å². The van der Waals surface area contributed by atoms with Crippen LogP contribution in [0.4, 0.5) is 0 Å². The Hall–Kier alpha value is -1.53. The SMILES string of the molecule is CCCN(CC(=O)O)CC(=O)NCCSc1ccccc1. The molecule has 5 nitrogen and oxygen atoms in total. The van der Waals surface area contributed by atoms with Crippen LogP contribution >= 0.6 is 11.8 Å². The molecule has 0 saturated heterocycles. The second-order valence-corrected chi connectivity index (χ2v) is 5.78. The van der Waals surface area contributed by atoms with Gasteiger partial charge < -0.3 is 10.4 Å². The fourth-order valence-electron chi connectivity index (χ4n) is 1.86. The zero-order valence-electron chi connectivity index (χ0n) is 12.2. The lowest BCUT2D eigenvalue weighted by Crippen LogP contribution is -2.40. The van der Waals surface area contributed by atoms with Crippen molar-refractivity contribution in [2.75, 3.05) is 31.9 Å². The lowest BCUT2D eigenvalue weighted by molar-refractivity contribution is -0.138. The molecule has 1 rings (SSSR count). The van der Waals surface area contributed by atoms with Crippen LogP contribution in [0.2, 0.25) is 0 Å². The maximum Gasteiger partial charge on any atom is 0.317 e. The number of carbonyl (C=O) groups is 2. The number of hydrogen-bond acceptors (Lipinski definition) is 4. The smallest absolute Gasteiger partial charge is 0.317 e. The van der Waals surface area contributed by atoms with Crippen LogP contribution in [-0.2, 0) is 9.59 Å². The van der Waals surface area contributed by atoms with Crippen molar-refractivity contribution in [3.8, 4) is 0 Å². The molecule has 1 aromatic rings. The molecular formula is C15H22N2O3S. The first-order valence-corrected chi connectivity index (χ1v) is 7.99. The molecule has 116 valence electrons. The molecular weight excluding hydrogens is 288 g/mol. The van der Waals surface area contributed by atoms with Crippen LogP contribution in [0.5, 0.6) is 0 Å². The summed E-state index contributed by atoms with van der Waals surface area (Å²) in [6.07, 6.45) is 0.824. The number of hydrogen-bond donors (Lipinski definition) is 2. The number of thioether (sulfide) groups is 1. The fourth-order valence-corrected chi connectivity index (χ4v) is 2.65. The molecule has 1 amide bonds.